The van der Waals surface area contributed by atoms with Crippen molar-refractivity contribution < 1.29 is 6.17 Å². The highest BCUT2D eigenvalue weighted by molar-refractivity contribution is 5.95. The summed E-state index contributed by atoms with van der Waals surface area (Å²) in [5.41, 5.74) is 1.62. The number of Topliss-reactive ketones (excluding diaryl/α,β-unsaturated/α-hetero) is 1. The number of hydrogen-bond donors (Lipinski definition) is 0. The van der Waals surface area contributed by atoms with Crippen molar-refractivity contribution >= 4 is 5.78 Å². The minimum Gasteiger partial charge on any atom is -0.295 e. The maximum atomic E-state index is 11.0. The second-order valence-corrected chi connectivity index (χ2v) is 2.24. The molecule has 0 saturated carbocycles. The smallest absolute Gasteiger partial charge is 0.160 e. The summed E-state index contributed by atoms with van der Waals surface area (Å²) < 4.78 is 6.89. The number of carbonyl (C=O) groups is 1. The van der Waals surface area contributed by atoms with E-state index in [2.05, 4.69) is 0 Å². The predicted octanol–water partition coefficient (Wildman–Crippen LogP) is 2.20. The topological polar surface area (TPSA) is 17.1 Å². The van der Waals surface area contributed by atoms with Gasteiger partial charge in [-0.1, -0.05) is 24.3 Å². The highest BCUT2D eigenvalue weighted by Gasteiger charge is 1.99. The summed E-state index contributed by atoms with van der Waals surface area (Å²) in [6.45, 7) is 1.72. The molecule has 52 valence electrons. The molecular weight excluding hydrogens is 124 g/mol. The maximum Gasteiger partial charge on any atom is 0.160 e. The van der Waals surface area contributed by atoms with E-state index in [1.165, 1.54) is 0 Å². The number of ketones is 1. The summed E-state index contributed by atoms with van der Waals surface area (Å²) in [6.07, 6.45) is 0. The van der Waals surface area contributed by atoms with Gasteiger partial charge in [-0.15, -0.1) is 0 Å². The third-order valence-electron chi connectivity index (χ3n) is 1.45. The minimum atomic E-state index is -0.162. The largest absolute Gasteiger partial charge is 0.295 e. The van der Waals surface area contributed by atoms with Crippen molar-refractivity contribution in [2.45, 2.75) is 13.8 Å². The molecule has 0 aliphatic rings. The van der Waals surface area contributed by atoms with E-state index in [9.17, 15) is 4.79 Å². The summed E-state index contributed by atoms with van der Waals surface area (Å²) in [5.74, 6) is -0.108. The second kappa shape index (κ2) is 2.65. The molecule has 1 heteroatoms. The highest BCUT2D eigenvalue weighted by atomic mass is 16.1. The first-order valence-electron chi connectivity index (χ1n) is 3.84. The van der Waals surface area contributed by atoms with Crippen LogP contribution < -0.4 is 0 Å². The van der Waals surface area contributed by atoms with Crippen LogP contribution in [-0.2, 0) is 0 Å². The zero-order valence-electron chi connectivity index (χ0n) is 6.92. The summed E-state index contributed by atoms with van der Waals surface area (Å²) >= 11 is 0. The lowest BCUT2D eigenvalue weighted by Gasteiger charge is -1.97. The third kappa shape index (κ3) is 1.24. The van der Waals surface area contributed by atoms with Crippen molar-refractivity contribution in [3.63, 3.8) is 0 Å². The van der Waals surface area contributed by atoms with Gasteiger partial charge in [-0.2, -0.15) is 0 Å². The zero-order chi connectivity index (χ0) is 8.27. The van der Waals surface area contributed by atoms with Gasteiger partial charge in [0, 0.05) is 6.93 Å². The summed E-state index contributed by atoms with van der Waals surface area (Å²) in [5, 5.41) is 0. The summed E-state index contributed by atoms with van der Waals surface area (Å²) in [4.78, 5) is 11.0. The molecule has 0 N–H and O–H groups in total. The van der Waals surface area contributed by atoms with Crippen molar-refractivity contribution in [3.05, 3.63) is 35.4 Å². The summed E-state index contributed by atoms with van der Waals surface area (Å²) in [7, 11) is 0. The lowest BCUT2D eigenvalue weighted by atomic mass is 10.1. The van der Waals surface area contributed by atoms with Gasteiger partial charge in [0.2, 0.25) is 0 Å². The lowest BCUT2D eigenvalue weighted by Crippen LogP contribution is -1.93. The molecule has 0 aromatic heterocycles. The molecule has 0 spiro atoms. The molecule has 0 amide bonds. The Morgan fingerprint density at radius 1 is 1.50 bits per heavy atom. The monoisotopic (exact) mass is 135 g/mol. The van der Waals surface area contributed by atoms with Crippen LogP contribution in [0.5, 0.6) is 0 Å². The van der Waals surface area contributed by atoms with Gasteiger partial charge in [0.25, 0.3) is 0 Å². The Kier molecular flexibility index (Phi) is 1.50. The van der Waals surface area contributed by atoms with Gasteiger partial charge >= 0.3 is 0 Å². The van der Waals surface area contributed by atoms with E-state index in [1.807, 2.05) is 25.1 Å². The minimum absolute atomic E-state index is 0.108. The van der Waals surface area contributed by atoms with E-state index in [-0.39, 0.29) is 12.7 Å². The van der Waals surface area contributed by atoms with E-state index in [0.717, 1.165) is 5.56 Å². The fraction of sp³-hybridized carbons (Fsp3) is 0.222. The molecule has 0 heterocycles. The molecule has 0 bridgehead atoms. The van der Waals surface area contributed by atoms with Crippen LogP contribution in [0.3, 0.4) is 0 Å². The molecule has 0 aliphatic carbocycles. The molecule has 1 aromatic carbocycles. The predicted molar refractivity (Wildman–Crippen MR) is 41.2 cm³/mol. The normalized spacial score (nSPS) is 10.7. The summed E-state index contributed by atoms with van der Waals surface area (Å²) in [6, 6.07) is 7.33. The fourth-order valence-electron chi connectivity index (χ4n) is 0.886. The van der Waals surface area contributed by atoms with Crippen molar-refractivity contribution in [1.29, 1.82) is 0 Å². The molecule has 10 heavy (non-hydrogen) atoms. The van der Waals surface area contributed by atoms with Crippen molar-refractivity contribution in [2.75, 3.05) is 0 Å². The molecule has 1 aromatic rings. The molecular formula is C9H10O. The van der Waals surface area contributed by atoms with Crippen molar-refractivity contribution in [3.8, 4) is 0 Å². The average Bonchev–Trinajstić information content (AvgIpc) is 2.04. The van der Waals surface area contributed by atoms with Gasteiger partial charge in [-0.05, 0) is 19.4 Å². The van der Waals surface area contributed by atoms with Gasteiger partial charge in [-0.25, -0.2) is 0 Å². The molecule has 0 fully saturated rings. The molecule has 1 nitrogen and oxygen atoms in total. The van der Waals surface area contributed by atoms with Gasteiger partial charge in [0.05, 0.1) is 0 Å². The van der Waals surface area contributed by atoms with Crippen LogP contribution in [-0.4, -0.2) is 5.78 Å². The van der Waals surface area contributed by atoms with Gasteiger partial charge < -0.3 is 0 Å². The van der Waals surface area contributed by atoms with E-state index in [0.29, 0.717) is 5.56 Å². The quantitative estimate of drug-likeness (QED) is 0.539. The Morgan fingerprint density at radius 3 is 2.80 bits per heavy atom. The third-order valence-corrected chi connectivity index (χ3v) is 1.45. The maximum absolute atomic E-state index is 11.0. The Bertz CT molecular complexity index is 268. The number of rotatable bonds is 1. The van der Waals surface area contributed by atoms with E-state index in [1.54, 1.807) is 6.07 Å². The van der Waals surface area contributed by atoms with Crippen LogP contribution in [0.25, 0.3) is 0 Å². The number of carbonyl (C=O) groups excluding carboxylic acids is 1. The molecule has 0 aliphatic heterocycles. The Hall–Kier alpha value is -1.11. The van der Waals surface area contributed by atoms with Crippen LogP contribution in [0.15, 0.2) is 24.3 Å². The first kappa shape index (κ1) is 5.66. The average molecular weight is 135 g/mol. The van der Waals surface area contributed by atoms with Crippen LogP contribution in [0.1, 0.15) is 24.2 Å². The molecule has 0 unspecified atom stereocenters. The number of aryl methyl sites for hydroxylation is 1. The molecule has 0 atom stereocenters. The van der Waals surface area contributed by atoms with E-state index >= 15 is 0 Å². The molecule has 0 radical (unpaired) electrons. The van der Waals surface area contributed by atoms with E-state index in [4.69, 9.17) is 1.37 Å². The van der Waals surface area contributed by atoms with E-state index < -0.39 is 0 Å². The first-order valence-corrected chi connectivity index (χ1v) is 3.14. The number of benzene rings is 1. The van der Waals surface area contributed by atoms with Crippen LogP contribution in [0, 0.1) is 6.92 Å². The van der Waals surface area contributed by atoms with Crippen LogP contribution in [0.2, 0.25) is 0 Å². The standard InChI is InChI=1S/C9H10O/c1-7-5-3-4-6-9(7)8(2)10/h3-6H,1-2H3/i2D. The fourth-order valence-corrected chi connectivity index (χ4v) is 0.886. The van der Waals surface area contributed by atoms with Crippen molar-refractivity contribution in [2.24, 2.45) is 0 Å². The van der Waals surface area contributed by atoms with Crippen LogP contribution in [0.4, 0.5) is 0 Å². The Balaban J connectivity index is 3.03. The zero-order valence-corrected chi connectivity index (χ0v) is 5.92. The van der Waals surface area contributed by atoms with Gasteiger partial charge in [0.15, 0.2) is 5.78 Å². The highest BCUT2D eigenvalue weighted by Crippen LogP contribution is 2.06. The SMILES string of the molecule is [2H]CC(=O)c1ccccc1C. The lowest BCUT2D eigenvalue weighted by molar-refractivity contribution is 0.101. The first-order chi connectivity index (χ1) is 5.25. The van der Waals surface area contributed by atoms with Crippen molar-refractivity contribution in [1.82, 2.24) is 0 Å². The Morgan fingerprint density at radius 2 is 2.20 bits per heavy atom. The van der Waals surface area contributed by atoms with Crippen LogP contribution >= 0.6 is 0 Å². The van der Waals surface area contributed by atoms with Gasteiger partial charge in [0.1, 0.15) is 0 Å². The molecule has 0 saturated heterocycles. The second-order valence-electron chi connectivity index (χ2n) is 2.24. The Labute approximate surface area is 62.1 Å². The molecule has 1 rings (SSSR count). The van der Waals surface area contributed by atoms with Gasteiger partial charge in [-0.3, -0.25) is 4.79 Å². The number of hydrogen-bond acceptors (Lipinski definition) is 1.